The van der Waals surface area contributed by atoms with E-state index in [2.05, 4.69) is 10.8 Å². The Labute approximate surface area is 170 Å². The van der Waals surface area contributed by atoms with E-state index in [1.165, 1.54) is 23.8 Å². The standard InChI is InChI=1S/C20H23ClN2O4S/c1-3-27-19-9-8-17(12-18(19)21)28(25,26)22-14(2)20(24)23-11-10-15-6-4-5-7-16(15)13-23/h4-9,12,14,22H,3,10-11,13H2,1-2H3/t14-/m0/s1. The van der Waals surface area contributed by atoms with Crippen molar-refractivity contribution in [1.29, 1.82) is 0 Å². The summed E-state index contributed by atoms with van der Waals surface area (Å²) in [5, 5.41) is 0.205. The number of nitrogens with one attached hydrogen (secondary N) is 1. The van der Waals surface area contributed by atoms with E-state index in [0.29, 0.717) is 25.4 Å². The molecule has 3 rings (SSSR count). The largest absolute Gasteiger partial charge is 0.492 e. The van der Waals surface area contributed by atoms with E-state index >= 15 is 0 Å². The second-order valence-corrected chi connectivity index (χ2v) is 8.77. The molecule has 0 aromatic heterocycles. The monoisotopic (exact) mass is 422 g/mol. The molecule has 28 heavy (non-hydrogen) atoms. The van der Waals surface area contributed by atoms with E-state index in [0.717, 1.165) is 12.0 Å². The predicted octanol–water partition coefficient (Wildman–Crippen LogP) is 2.99. The first-order chi connectivity index (χ1) is 13.3. The van der Waals surface area contributed by atoms with Crippen molar-refractivity contribution in [3.63, 3.8) is 0 Å². The van der Waals surface area contributed by atoms with Gasteiger partial charge in [0.25, 0.3) is 0 Å². The Hall–Kier alpha value is -2.09. The fraction of sp³-hybridized carbons (Fsp3) is 0.350. The number of rotatable bonds is 6. The van der Waals surface area contributed by atoms with Gasteiger partial charge in [-0.25, -0.2) is 8.42 Å². The van der Waals surface area contributed by atoms with Gasteiger partial charge in [0.15, 0.2) is 0 Å². The highest BCUT2D eigenvalue weighted by atomic mass is 35.5. The molecule has 1 atom stereocenters. The average Bonchev–Trinajstić information content (AvgIpc) is 2.68. The maximum atomic E-state index is 12.8. The van der Waals surface area contributed by atoms with Crippen LogP contribution in [-0.2, 0) is 27.8 Å². The Morgan fingerprint density at radius 1 is 1.25 bits per heavy atom. The first-order valence-corrected chi connectivity index (χ1v) is 11.0. The van der Waals surface area contributed by atoms with E-state index in [1.54, 1.807) is 11.8 Å². The Bertz CT molecular complexity index is 978. The third-order valence-electron chi connectivity index (χ3n) is 4.66. The lowest BCUT2D eigenvalue weighted by atomic mass is 9.99. The van der Waals surface area contributed by atoms with E-state index in [4.69, 9.17) is 16.3 Å². The topological polar surface area (TPSA) is 75.7 Å². The van der Waals surface area contributed by atoms with Crippen molar-refractivity contribution in [3.8, 4) is 5.75 Å². The molecule has 0 aliphatic carbocycles. The minimum absolute atomic E-state index is 0.00964. The molecule has 1 amide bonds. The maximum Gasteiger partial charge on any atom is 0.241 e. The number of fused-ring (bicyclic) bond motifs is 1. The van der Waals surface area contributed by atoms with E-state index in [9.17, 15) is 13.2 Å². The minimum Gasteiger partial charge on any atom is -0.492 e. The van der Waals surface area contributed by atoms with Crippen molar-refractivity contribution in [2.75, 3.05) is 13.2 Å². The Balaban J connectivity index is 1.70. The summed E-state index contributed by atoms with van der Waals surface area (Å²) in [4.78, 5) is 14.4. The highest BCUT2D eigenvalue weighted by molar-refractivity contribution is 7.89. The summed E-state index contributed by atoms with van der Waals surface area (Å²) in [6.45, 7) is 4.84. The molecule has 0 radical (unpaired) electrons. The van der Waals surface area contributed by atoms with Crippen molar-refractivity contribution < 1.29 is 17.9 Å². The summed E-state index contributed by atoms with van der Waals surface area (Å²) >= 11 is 6.09. The minimum atomic E-state index is -3.90. The van der Waals surface area contributed by atoms with Gasteiger partial charge < -0.3 is 9.64 Å². The van der Waals surface area contributed by atoms with Crippen LogP contribution in [0.3, 0.4) is 0 Å². The molecule has 1 aliphatic heterocycles. The molecule has 0 bridgehead atoms. The normalized spacial score (nSPS) is 15.0. The summed E-state index contributed by atoms with van der Waals surface area (Å²) in [7, 11) is -3.90. The Kier molecular flexibility index (Phi) is 6.27. The van der Waals surface area contributed by atoms with Crippen LogP contribution in [0.25, 0.3) is 0 Å². The zero-order chi connectivity index (χ0) is 20.3. The Morgan fingerprint density at radius 3 is 2.64 bits per heavy atom. The van der Waals surface area contributed by atoms with Crippen LogP contribution in [0.4, 0.5) is 0 Å². The van der Waals surface area contributed by atoms with Crippen LogP contribution < -0.4 is 9.46 Å². The van der Waals surface area contributed by atoms with E-state index in [1.807, 2.05) is 25.1 Å². The van der Waals surface area contributed by atoms with Gasteiger partial charge in [-0.1, -0.05) is 35.9 Å². The van der Waals surface area contributed by atoms with Gasteiger partial charge in [0.1, 0.15) is 5.75 Å². The number of carbonyl (C=O) groups is 1. The van der Waals surface area contributed by atoms with Gasteiger partial charge in [-0.05, 0) is 49.6 Å². The molecule has 1 N–H and O–H groups in total. The maximum absolute atomic E-state index is 12.8. The van der Waals surface area contributed by atoms with Crippen molar-refractivity contribution in [3.05, 3.63) is 58.6 Å². The summed E-state index contributed by atoms with van der Waals surface area (Å²) in [5.74, 6) is 0.161. The van der Waals surface area contributed by atoms with Crippen LogP contribution in [0.5, 0.6) is 5.75 Å². The van der Waals surface area contributed by atoms with Crippen LogP contribution in [0.2, 0.25) is 5.02 Å². The number of hydrogen-bond donors (Lipinski definition) is 1. The third-order valence-corrected chi connectivity index (χ3v) is 6.49. The van der Waals surface area contributed by atoms with E-state index in [-0.39, 0.29) is 15.8 Å². The van der Waals surface area contributed by atoms with Crippen LogP contribution in [0.15, 0.2) is 47.4 Å². The molecular weight excluding hydrogens is 400 g/mol. The predicted molar refractivity (Wildman–Crippen MR) is 108 cm³/mol. The van der Waals surface area contributed by atoms with Crippen LogP contribution in [0.1, 0.15) is 25.0 Å². The second kappa shape index (κ2) is 8.51. The highest BCUT2D eigenvalue weighted by Gasteiger charge is 2.28. The van der Waals surface area contributed by atoms with Crippen molar-refractivity contribution in [1.82, 2.24) is 9.62 Å². The molecule has 150 valence electrons. The average molecular weight is 423 g/mol. The van der Waals surface area contributed by atoms with Crippen molar-refractivity contribution in [2.24, 2.45) is 0 Å². The lowest BCUT2D eigenvalue weighted by Gasteiger charge is -2.31. The van der Waals surface area contributed by atoms with Gasteiger partial charge >= 0.3 is 0 Å². The molecular formula is C20H23ClN2O4S. The molecule has 0 fully saturated rings. The summed E-state index contributed by atoms with van der Waals surface area (Å²) < 4.78 is 33.1. The number of amides is 1. The van der Waals surface area contributed by atoms with Crippen LogP contribution in [0, 0.1) is 0 Å². The van der Waals surface area contributed by atoms with Gasteiger partial charge in [0, 0.05) is 13.1 Å². The van der Waals surface area contributed by atoms with Crippen LogP contribution in [-0.4, -0.2) is 38.4 Å². The molecule has 0 saturated heterocycles. The van der Waals surface area contributed by atoms with Gasteiger partial charge in [-0.15, -0.1) is 0 Å². The summed E-state index contributed by atoms with van der Waals surface area (Å²) in [5.41, 5.74) is 2.32. The fourth-order valence-corrected chi connectivity index (χ4v) is 4.75. The SMILES string of the molecule is CCOc1ccc(S(=O)(=O)N[C@@H](C)C(=O)N2CCc3ccccc3C2)cc1Cl. The molecule has 8 heteroatoms. The van der Waals surface area contributed by atoms with E-state index < -0.39 is 16.1 Å². The zero-order valence-corrected chi connectivity index (χ0v) is 17.4. The fourth-order valence-electron chi connectivity index (χ4n) is 3.23. The number of carbonyl (C=O) groups excluding carboxylic acids is 1. The lowest BCUT2D eigenvalue weighted by Crippen LogP contribution is -2.48. The number of sulfonamides is 1. The van der Waals surface area contributed by atoms with Crippen LogP contribution >= 0.6 is 11.6 Å². The van der Waals surface area contributed by atoms with Gasteiger partial charge in [-0.3, -0.25) is 4.79 Å². The quantitative estimate of drug-likeness (QED) is 0.776. The third kappa shape index (κ3) is 4.48. The molecule has 2 aromatic rings. The summed E-state index contributed by atoms with van der Waals surface area (Å²) in [6.07, 6.45) is 0.760. The number of nitrogens with zero attached hydrogens (tertiary/aromatic N) is 1. The van der Waals surface area contributed by atoms with Gasteiger partial charge in [0.2, 0.25) is 15.9 Å². The molecule has 2 aromatic carbocycles. The molecule has 1 aliphatic rings. The van der Waals surface area contributed by atoms with Crippen molar-refractivity contribution in [2.45, 2.75) is 37.8 Å². The molecule has 1 heterocycles. The molecule has 0 unspecified atom stereocenters. The van der Waals surface area contributed by atoms with Gasteiger partial charge in [0.05, 0.1) is 22.6 Å². The number of benzene rings is 2. The Morgan fingerprint density at radius 2 is 1.96 bits per heavy atom. The smallest absolute Gasteiger partial charge is 0.241 e. The molecule has 6 nitrogen and oxygen atoms in total. The number of hydrogen-bond acceptors (Lipinski definition) is 4. The number of ether oxygens (including phenoxy) is 1. The van der Waals surface area contributed by atoms with Crippen molar-refractivity contribution >= 4 is 27.5 Å². The first kappa shape index (κ1) is 20.6. The first-order valence-electron chi connectivity index (χ1n) is 9.12. The second-order valence-electron chi connectivity index (χ2n) is 6.65. The number of halogens is 1. The lowest BCUT2D eigenvalue weighted by molar-refractivity contribution is -0.133. The molecule has 0 saturated carbocycles. The zero-order valence-electron chi connectivity index (χ0n) is 15.8. The highest BCUT2D eigenvalue weighted by Crippen LogP contribution is 2.27. The van der Waals surface area contributed by atoms with Gasteiger partial charge in [-0.2, -0.15) is 4.72 Å². The summed E-state index contributed by atoms with van der Waals surface area (Å²) in [6, 6.07) is 11.3. The molecule has 0 spiro atoms.